The topological polar surface area (TPSA) is 58.6 Å². The lowest BCUT2D eigenvalue weighted by Crippen LogP contribution is -2.52. The van der Waals surface area contributed by atoms with Gasteiger partial charge >= 0.3 is 0 Å². The number of benzene rings is 3. The van der Waals surface area contributed by atoms with E-state index < -0.39 is 6.10 Å². The Morgan fingerprint density at radius 3 is 2.37 bits per heavy atom. The van der Waals surface area contributed by atoms with Crippen LogP contribution in [0.4, 0.5) is 5.82 Å². The quantitative estimate of drug-likeness (QED) is 0.413. The Balaban J connectivity index is 1.21. The van der Waals surface area contributed by atoms with E-state index in [1.807, 2.05) is 67.3 Å². The van der Waals surface area contributed by atoms with Gasteiger partial charge in [-0.1, -0.05) is 48.5 Å². The first-order chi connectivity index (χ1) is 17.0. The van der Waals surface area contributed by atoms with E-state index in [0.29, 0.717) is 26.2 Å². The maximum absolute atomic E-state index is 13.0. The second-order valence-corrected chi connectivity index (χ2v) is 9.12. The van der Waals surface area contributed by atoms with Gasteiger partial charge in [0.2, 0.25) is 0 Å². The average molecular weight is 467 g/mol. The first-order valence-corrected chi connectivity index (χ1v) is 12.1. The predicted molar refractivity (Wildman–Crippen MR) is 140 cm³/mol. The van der Waals surface area contributed by atoms with Crippen LogP contribution in [0.5, 0.6) is 5.75 Å². The third-order valence-electron chi connectivity index (χ3n) is 6.77. The largest absolute Gasteiger partial charge is 0.481 e. The minimum Gasteiger partial charge on any atom is -0.481 e. The van der Waals surface area contributed by atoms with Gasteiger partial charge in [0.1, 0.15) is 5.75 Å². The summed E-state index contributed by atoms with van der Waals surface area (Å²) in [6.07, 6.45) is -0.525. The van der Waals surface area contributed by atoms with Crippen molar-refractivity contribution < 1.29 is 9.53 Å². The normalized spacial score (nSPS) is 14.7. The first kappa shape index (κ1) is 22.8. The van der Waals surface area contributed by atoms with Gasteiger partial charge in [-0.25, -0.2) is 0 Å². The van der Waals surface area contributed by atoms with Crippen LogP contribution in [-0.2, 0) is 4.79 Å². The minimum absolute atomic E-state index is 0.0141. The fourth-order valence-corrected chi connectivity index (χ4v) is 4.54. The van der Waals surface area contributed by atoms with Crippen LogP contribution in [0.3, 0.4) is 0 Å². The molecule has 2 heterocycles. The molecule has 1 atom stereocenters. The predicted octanol–water partition coefficient (Wildman–Crippen LogP) is 5.03. The molecule has 0 aliphatic carbocycles. The monoisotopic (exact) mass is 466 g/mol. The number of piperazine rings is 1. The van der Waals surface area contributed by atoms with E-state index in [1.165, 1.54) is 16.3 Å². The van der Waals surface area contributed by atoms with Crippen molar-refractivity contribution in [1.82, 2.24) is 15.1 Å². The second kappa shape index (κ2) is 9.74. The summed E-state index contributed by atoms with van der Waals surface area (Å²) < 4.78 is 5.94. The van der Waals surface area contributed by atoms with Gasteiger partial charge in [0.05, 0.1) is 5.69 Å². The lowest BCUT2D eigenvalue weighted by atomic mass is 10.0. The molecule has 0 radical (unpaired) electrons. The van der Waals surface area contributed by atoms with Crippen molar-refractivity contribution in [1.29, 1.82) is 0 Å². The van der Waals surface area contributed by atoms with Crippen LogP contribution in [0.25, 0.3) is 22.0 Å². The summed E-state index contributed by atoms with van der Waals surface area (Å²) in [5, 5.41) is 11.4. The fraction of sp³-hybridized carbons (Fsp3) is 0.276. The number of aromatic nitrogens is 2. The van der Waals surface area contributed by atoms with E-state index in [2.05, 4.69) is 46.3 Å². The van der Waals surface area contributed by atoms with Crippen molar-refractivity contribution >= 4 is 22.5 Å². The molecule has 1 aromatic heterocycles. The molecule has 1 aliphatic rings. The Kier molecular flexibility index (Phi) is 6.36. The van der Waals surface area contributed by atoms with Crippen LogP contribution < -0.4 is 9.64 Å². The van der Waals surface area contributed by atoms with E-state index in [9.17, 15) is 4.79 Å². The number of fused-ring (bicyclic) bond motifs is 1. The van der Waals surface area contributed by atoms with E-state index in [-0.39, 0.29) is 5.91 Å². The maximum atomic E-state index is 13.0. The van der Waals surface area contributed by atoms with Gasteiger partial charge in [-0.15, -0.1) is 10.2 Å². The molecule has 0 bridgehead atoms. The molecule has 1 saturated heterocycles. The number of carbonyl (C=O) groups is 1. The highest BCUT2D eigenvalue weighted by molar-refractivity contribution is 5.95. The summed E-state index contributed by atoms with van der Waals surface area (Å²) in [6.45, 7) is 8.62. The highest BCUT2D eigenvalue weighted by atomic mass is 16.5. The highest BCUT2D eigenvalue weighted by Gasteiger charge is 2.27. The Morgan fingerprint density at radius 2 is 1.63 bits per heavy atom. The molecule has 6 heteroatoms. The molecule has 0 saturated carbocycles. The number of aryl methyl sites for hydroxylation is 2. The number of rotatable bonds is 5. The summed E-state index contributed by atoms with van der Waals surface area (Å²) in [7, 11) is 0. The molecule has 1 unspecified atom stereocenters. The average Bonchev–Trinajstić information content (AvgIpc) is 2.90. The number of carbonyl (C=O) groups excluding carboxylic acids is 1. The number of amides is 1. The second-order valence-electron chi connectivity index (χ2n) is 9.12. The Labute approximate surface area is 206 Å². The van der Waals surface area contributed by atoms with Crippen molar-refractivity contribution in [2.75, 3.05) is 31.1 Å². The molecule has 3 aromatic carbocycles. The Bertz CT molecular complexity index is 1340. The molecule has 6 nitrogen and oxygen atoms in total. The third kappa shape index (κ3) is 4.83. The molecule has 0 spiro atoms. The summed E-state index contributed by atoms with van der Waals surface area (Å²) in [5.74, 6) is 1.58. The van der Waals surface area contributed by atoms with Gasteiger partial charge in [-0.05, 0) is 66.9 Å². The van der Waals surface area contributed by atoms with Crippen molar-refractivity contribution in [3.8, 4) is 17.0 Å². The van der Waals surface area contributed by atoms with Gasteiger partial charge < -0.3 is 14.5 Å². The Morgan fingerprint density at radius 1 is 0.857 bits per heavy atom. The Hall–Kier alpha value is -3.93. The molecule has 1 aliphatic heterocycles. The van der Waals surface area contributed by atoms with Crippen molar-refractivity contribution in [2.45, 2.75) is 26.9 Å². The van der Waals surface area contributed by atoms with E-state index in [0.717, 1.165) is 28.4 Å². The molecule has 1 amide bonds. The molecule has 5 rings (SSSR count). The molecular weight excluding hydrogens is 436 g/mol. The molecule has 35 heavy (non-hydrogen) atoms. The van der Waals surface area contributed by atoms with Crippen LogP contribution in [-0.4, -0.2) is 53.3 Å². The van der Waals surface area contributed by atoms with Crippen LogP contribution in [0, 0.1) is 13.8 Å². The summed E-state index contributed by atoms with van der Waals surface area (Å²) in [6, 6.07) is 24.5. The minimum atomic E-state index is -0.525. The number of nitrogens with zero attached hydrogens (tertiary/aromatic N) is 4. The van der Waals surface area contributed by atoms with Gasteiger partial charge in [0, 0.05) is 31.7 Å². The number of hydrogen-bond acceptors (Lipinski definition) is 5. The smallest absolute Gasteiger partial charge is 0.263 e. The van der Waals surface area contributed by atoms with Gasteiger partial charge in [-0.3, -0.25) is 4.79 Å². The van der Waals surface area contributed by atoms with Crippen molar-refractivity contribution in [2.24, 2.45) is 0 Å². The summed E-state index contributed by atoms with van der Waals surface area (Å²) in [5.41, 5.74) is 4.30. The van der Waals surface area contributed by atoms with Gasteiger partial charge in [0.15, 0.2) is 11.9 Å². The number of ether oxygens (including phenoxy) is 1. The fourth-order valence-electron chi connectivity index (χ4n) is 4.54. The molecule has 1 fully saturated rings. The molecular formula is C29H30N4O2. The highest BCUT2D eigenvalue weighted by Crippen LogP contribution is 2.27. The van der Waals surface area contributed by atoms with E-state index >= 15 is 0 Å². The van der Waals surface area contributed by atoms with Gasteiger partial charge in [0.25, 0.3) is 5.91 Å². The lowest BCUT2D eigenvalue weighted by molar-refractivity contribution is -0.138. The van der Waals surface area contributed by atoms with Crippen LogP contribution in [0.15, 0.2) is 72.8 Å². The number of anilines is 1. The van der Waals surface area contributed by atoms with Crippen molar-refractivity contribution in [3.63, 3.8) is 0 Å². The summed E-state index contributed by atoms with van der Waals surface area (Å²) >= 11 is 0. The van der Waals surface area contributed by atoms with Crippen LogP contribution >= 0.6 is 0 Å². The molecule has 0 N–H and O–H groups in total. The molecule has 178 valence electrons. The van der Waals surface area contributed by atoms with Gasteiger partial charge in [-0.2, -0.15) is 0 Å². The molecule has 4 aromatic rings. The van der Waals surface area contributed by atoms with Crippen LogP contribution in [0.1, 0.15) is 18.1 Å². The van der Waals surface area contributed by atoms with Crippen molar-refractivity contribution in [3.05, 3.63) is 83.9 Å². The lowest BCUT2D eigenvalue weighted by Gasteiger charge is -2.36. The zero-order chi connectivity index (χ0) is 24.4. The standard InChI is InChI=1S/C29H30N4O2/c1-20-11-12-24(19-21(20)2)35-22(3)29(34)33-17-15-32(16-18-33)28-14-13-27(30-31-28)26-10-6-8-23-7-4-5-9-25(23)26/h4-14,19,22H,15-18H2,1-3H3. The number of hydrogen-bond donors (Lipinski definition) is 0. The maximum Gasteiger partial charge on any atom is 0.263 e. The van der Waals surface area contributed by atoms with E-state index in [1.54, 1.807) is 0 Å². The SMILES string of the molecule is Cc1ccc(OC(C)C(=O)N2CCN(c3ccc(-c4cccc5ccccc45)nn3)CC2)cc1C. The summed E-state index contributed by atoms with van der Waals surface area (Å²) in [4.78, 5) is 17.0. The third-order valence-corrected chi connectivity index (χ3v) is 6.77. The van der Waals surface area contributed by atoms with Crippen LogP contribution in [0.2, 0.25) is 0 Å². The zero-order valence-corrected chi connectivity index (χ0v) is 20.4. The zero-order valence-electron chi connectivity index (χ0n) is 20.4. The first-order valence-electron chi connectivity index (χ1n) is 12.1. The van der Waals surface area contributed by atoms with E-state index in [4.69, 9.17) is 4.74 Å².